The fraction of sp³-hybridized carbons (Fsp3) is 0.240. The van der Waals surface area contributed by atoms with Crippen molar-refractivity contribution < 1.29 is 9.53 Å². The van der Waals surface area contributed by atoms with Crippen LogP contribution in [0.4, 0.5) is 0 Å². The fourth-order valence-corrected chi connectivity index (χ4v) is 4.09. The second-order valence-electron chi connectivity index (χ2n) is 7.94. The van der Waals surface area contributed by atoms with E-state index in [4.69, 9.17) is 4.74 Å². The molecule has 2 aromatic heterocycles. The highest BCUT2D eigenvalue weighted by molar-refractivity contribution is 5.91. The van der Waals surface area contributed by atoms with Gasteiger partial charge in [-0.2, -0.15) is 5.10 Å². The van der Waals surface area contributed by atoms with Gasteiger partial charge in [-0.1, -0.05) is 24.3 Å². The van der Waals surface area contributed by atoms with Crippen LogP contribution in [-0.4, -0.2) is 33.3 Å². The van der Waals surface area contributed by atoms with Crippen LogP contribution >= 0.6 is 0 Å². The molecule has 3 heterocycles. The normalized spacial score (nSPS) is 14.9. The van der Waals surface area contributed by atoms with Crippen LogP contribution in [0.15, 0.2) is 67.1 Å². The highest BCUT2D eigenvalue weighted by atomic mass is 16.5. The molecule has 156 valence electrons. The number of fused-ring (bicyclic) bond motifs is 3. The smallest absolute Gasteiger partial charge is 0.221 e. The number of hydrogen-bond donors (Lipinski definition) is 1. The van der Waals surface area contributed by atoms with Crippen molar-refractivity contribution in [3.63, 3.8) is 0 Å². The highest BCUT2D eigenvalue weighted by Crippen LogP contribution is 2.36. The van der Waals surface area contributed by atoms with E-state index in [0.717, 1.165) is 29.0 Å². The summed E-state index contributed by atoms with van der Waals surface area (Å²) in [5.41, 5.74) is 4.42. The molecule has 0 saturated carbocycles. The summed E-state index contributed by atoms with van der Waals surface area (Å²) in [6, 6.07) is 16.6. The number of hydrogen-bond acceptors (Lipinski definition) is 4. The lowest BCUT2D eigenvalue weighted by Crippen LogP contribution is -2.34. The maximum absolute atomic E-state index is 12.2. The number of nitrogens with one attached hydrogen (secondary N) is 1. The molecule has 1 aliphatic heterocycles. The number of aromatic nitrogens is 3. The van der Waals surface area contributed by atoms with Gasteiger partial charge < -0.3 is 10.1 Å². The van der Waals surface area contributed by atoms with Gasteiger partial charge in [0.1, 0.15) is 11.9 Å². The van der Waals surface area contributed by atoms with E-state index in [0.29, 0.717) is 19.5 Å². The molecule has 1 amide bonds. The van der Waals surface area contributed by atoms with Gasteiger partial charge in [0.05, 0.1) is 12.2 Å². The summed E-state index contributed by atoms with van der Waals surface area (Å²) in [4.78, 5) is 16.4. The summed E-state index contributed by atoms with van der Waals surface area (Å²) in [5, 5.41) is 9.70. The second-order valence-corrected chi connectivity index (χ2v) is 7.94. The molecular weight excluding hydrogens is 388 g/mol. The Bertz CT molecular complexity index is 1230. The molecule has 6 heteroatoms. The maximum atomic E-state index is 12.2. The van der Waals surface area contributed by atoms with Crippen LogP contribution in [0.5, 0.6) is 5.75 Å². The average Bonchev–Trinajstić information content (AvgIpc) is 3.42. The van der Waals surface area contributed by atoms with E-state index in [1.165, 1.54) is 16.3 Å². The van der Waals surface area contributed by atoms with Gasteiger partial charge in [0, 0.05) is 49.1 Å². The van der Waals surface area contributed by atoms with Gasteiger partial charge >= 0.3 is 0 Å². The molecule has 1 atom stereocenters. The zero-order chi connectivity index (χ0) is 21.2. The zero-order valence-electron chi connectivity index (χ0n) is 17.4. The molecule has 0 radical (unpaired) electrons. The molecule has 1 N–H and O–H groups in total. The molecule has 2 aromatic carbocycles. The minimum atomic E-state index is -0.0468. The summed E-state index contributed by atoms with van der Waals surface area (Å²) in [6.45, 7) is 3.02. The first-order chi connectivity index (χ1) is 15.2. The third kappa shape index (κ3) is 4.14. The van der Waals surface area contributed by atoms with Crippen molar-refractivity contribution in [3.8, 4) is 16.9 Å². The Kier molecular flexibility index (Phi) is 5.12. The van der Waals surface area contributed by atoms with Gasteiger partial charge in [0.25, 0.3) is 0 Å². The Morgan fingerprint density at radius 3 is 2.94 bits per heavy atom. The SMILES string of the molecule is Cc1ccn(CCC(=O)NC[C@H]2Cc3c(ccc4cc(-c5cccnc5)ccc34)O2)n1. The van der Waals surface area contributed by atoms with Gasteiger partial charge in [-0.3, -0.25) is 14.5 Å². The number of ether oxygens (including phenoxy) is 1. The van der Waals surface area contributed by atoms with Gasteiger partial charge in [-0.05, 0) is 47.5 Å². The number of nitrogens with zero attached hydrogens (tertiary/aromatic N) is 3. The first-order valence-electron chi connectivity index (χ1n) is 10.6. The highest BCUT2D eigenvalue weighted by Gasteiger charge is 2.25. The summed E-state index contributed by atoms with van der Waals surface area (Å²) in [5.74, 6) is 0.923. The molecule has 6 nitrogen and oxygen atoms in total. The number of aryl methyl sites for hydroxylation is 2. The number of amides is 1. The van der Waals surface area contributed by atoms with Gasteiger partial charge in [0.2, 0.25) is 5.91 Å². The van der Waals surface area contributed by atoms with E-state index in [1.807, 2.05) is 37.5 Å². The quantitative estimate of drug-likeness (QED) is 0.521. The van der Waals surface area contributed by atoms with Crippen LogP contribution in [0.3, 0.4) is 0 Å². The first kappa shape index (κ1) is 19.3. The monoisotopic (exact) mass is 412 g/mol. The second kappa shape index (κ2) is 8.22. The Hall–Kier alpha value is -3.67. The topological polar surface area (TPSA) is 69.0 Å². The van der Waals surface area contributed by atoms with Crippen molar-refractivity contribution in [2.75, 3.05) is 6.54 Å². The van der Waals surface area contributed by atoms with Crippen molar-refractivity contribution in [2.24, 2.45) is 0 Å². The van der Waals surface area contributed by atoms with E-state index in [9.17, 15) is 4.79 Å². The number of pyridine rings is 1. The maximum Gasteiger partial charge on any atom is 0.221 e. The van der Waals surface area contributed by atoms with E-state index in [-0.39, 0.29) is 12.0 Å². The molecule has 0 unspecified atom stereocenters. The molecule has 0 aliphatic carbocycles. The molecule has 0 bridgehead atoms. The number of benzene rings is 2. The van der Waals surface area contributed by atoms with Gasteiger partial charge in [-0.25, -0.2) is 0 Å². The van der Waals surface area contributed by atoms with Crippen molar-refractivity contribution in [2.45, 2.75) is 32.4 Å². The Morgan fingerprint density at radius 1 is 1.19 bits per heavy atom. The van der Waals surface area contributed by atoms with Crippen LogP contribution < -0.4 is 10.1 Å². The van der Waals surface area contributed by atoms with Gasteiger partial charge in [-0.15, -0.1) is 0 Å². The van der Waals surface area contributed by atoms with Crippen LogP contribution in [-0.2, 0) is 17.8 Å². The third-order valence-electron chi connectivity index (χ3n) is 5.68. The minimum Gasteiger partial charge on any atom is -0.488 e. The summed E-state index contributed by atoms with van der Waals surface area (Å²) < 4.78 is 7.90. The lowest BCUT2D eigenvalue weighted by molar-refractivity contribution is -0.121. The molecule has 0 spiro atoms. The van der Waals surface area contributed by atoms with Crippen LogP contribution in [0.2, 0.25) is 0 Å². The Balaban J connectivity index is 1.23. The van der Waals surface area contributed by atoms with Crippen molar-refractivity contribution in [3.05, 3.63) is 78.4 Å². The van der Waals surface area contributed by atoms with E-state index >= 15 is 0 Å². The average molecular weight is 412 g/mol. The predicted octanol–water partition coefficient (Wildman–Crippen LogP) is 3.92. The van der Waals surface area contributed by atoms with E-state index < -0.39 is 0 Å². The van der Waals surface area contributed by atoms with Crippen LogP contribution in [0, 0.1) is 6.92 Å². The van der Waals surface area contributed by atoms with E-state index in [1.54, 1.807) is 10.9 Å². The standard InChI is InChI=1S/C25H24N4O2/c1-17-8-11-29(28-17)12-9-25(30)27-16-21-14-23-22-6-4-18(20-3-2-10-26-15-20)13-19(22)5-7-24(23)31-21/h2-8,10-11,13,15,21H,9,12,14,16H2,1H3,(H,27,30)/t21-/m1/s1. The molecule has 4 aromatic rings. The number of carbonyl (C=O) groups excluding carboxylic acids is 1. The Morgan fingerprint density at radius 2 is 2.13 bits per heavy atom. The van der Waals surface area contributed by atoms with Crippen LogP contribution in [0.1, 0.15) is 17.7 Å². The Labute approximate surface area is 180 Å². The summed E-state index contributed by atoms with van der Waals surface area (Å²) in [6.07, 6.45) is 6.70. The van der Waals surface area contributed by atoms with Gasteiger partial charge in [0.15, 0.2) is 0 Å². The predicted molar refractivity (Wildman–Crippen MR) is 120 cm³/mol. The molecule has 5 rings (SSSR count). The molecule has 31 heavy (non-hydrogen) atoms. The first-order valence-corrected chi connectivity index (χ1v) is 10.6. The number of carbonyl (C=O) groups is 1. The molecule has 0 fully saturated rings. The molecular formula is C25H24N4O2. The zero-order valence-corrected chi connectivity index (χ0v) is 17.4. The van der Waals surface area contributed by atoms with Crippen molar-refractivity contribution >= 4 is 16.7 Å². The summed E-state index contributed by atoms with van der Waals surface area (Å²) in [7, 11) is 0. The summed E-state index contributed by atoms with van der Waals surface area (Å²) >= 11 is 0. The molecule has 1 aliphatic rings. The fourth-order valence-electron chi connectivity index (χ4n) is 4.09. The van der Waals surface area contributed by atoms with Crippen LogP contribution in [0.25, 0.3) is 21.9 Å². The van der Waals surface area contributed by atoms with Crippen molar-refractivity contribution in [1.82, 2.24) is 20.1 Å². The number of rotatable bonds is 6. The molecule has 0 saturated heterocycles. The third-order valence-corrected chi connectivity index (χ3v) is 5.68. The van der Waals surface area contributed by atoms with E-state index in [2.05, 4.69) is 45.7 Å². The lowest BCUT2D eigenvalue weighted by Gasteiger charge is -2.12. The lowest BCUT2D eigenvalue weighted by atomic mass is 9.97. The largest absolute Gasteiger partial charge is 0.488 e. The van der Waals surface area contributed by atoms with Crippen molar-refractivity contribution in [1.29, 1.82) is 0 Å². The minimum absolute atomic E-state index is 0.0127.